The quantitative estimate of drug-likeness (QED) is 0.611. The molecule has 0 atom stereocenters. The lowest BCUT2D eigenvalue weighted by molar-refractivity contribution is -0.127. The first-order valence-electron chi connectivity index (χ1n) is 7.19. The molecule has 0 spiro atoms. The largest absolute Gasteiger partial charge is 0.382 e. The van der Waals surface area contributed by atoms with E-state index in [1.807, 2.05) is 6.07 Å². The van der Waals surface area contributed by atoms with Crippen molar-refractivity contribution in [3.8, 4) is 0 Å². The van der Waals surface area contributed by atoms with Crippen molar-refractivity contribution in [3.63, 3.8) is 0 Å². The zero-order valence-corrected chi connectivity index (χ0v) is 12.7. The highest BCUT2D eigenvalue weighted by molar-refractivity contribution is 5.56. The van der Waals surface area contributed by atoms with Gasteiger partial charge in [0.2, 0.25) is 6.29 Å². The van der Waals surface area contributed by atoms with E-state index < -0.39 is 6.29 Å². The average Bonchev–Trinajstić information content (AvgIpc) is 2.47. The Bertz CT molecular complexity index is 498. The third-order valence-corrected chi connectivity index (χ3v) is 4.24. The van der Waals surface area contributed by atoms with Gasteiger partial charge in [0.05, 0.1) is 18.9 Å². The summed E-state index contributed by atoms with van der Waals surface area (Å²) in [6, 6.07) is 4.45. The van der Waals surface area contributed by atoms with Gasteiger partial charge in [-0.15, -0.1) is 0 Å². The first kappa shape index (κ1) is 14.7. The van der Waals surface area contributed by atoms with Crippen LogP contribution in [0.5, 0.6) is 0 Å². The van der Waals surface area contributed by atoms with Crippen LogP contribution in [-0.2, 0) is 24.5 Å². The number of hydrogen-bond donors (Lipinski definition) is 1. The van der Waals surface area contributed by atoms with E-state index in [1.54, 1.807) is 21.3 Å². The van der Waals surface area contributed by atoms with Crippen molar-refractivity contribution in [1.29, 1.82) is 0 Å². The molecule has 6 heteroatoms. The highest BCUT2D eigenvalue weighted by atomic mass is 16.7. The summed E-state index contributed by atoms with van der Waals surface area (Å²) in [5, 5.41) is 3.45. The van der Waals surface area contributed by atoms with Gasteiger partial charge in [-0.3, -0.25) is 0 Å². The minimum absolute atomic E-state index is 0.203. The highest BCUT2D eigenvalue weighted by Crippen LogP contribution is 2.52. The molecule has 0 radical (unpaired) electrons. The topological polar surface area (TPSA) is 61.8 Å². The Morgan fingerprint density at radius 2 is 2.00 bits per heavy atom. The minimum Gasteiger partial charge on any atom is -0.382 e. The van der Waals surface area contributed by atoms with Gasteiger partial charge in [-0.05, 0) is 6.07 Å². The van der Waals surface area contributed by atoms with E-state index in [-0.39, 0.29) is 5.60 Å². The van der Waals surface area contributed by atoms with Crippen LogP contribution in [0, 0.1) is 0 Å². The Balaban J connectivity index is 1.83. The number of aromatic nitrogens is 1. The average molecular weight is 294 g/mol. The zero-order valence-electron chi connectivity index (χ0n) is 12.7. The Labute approximate surface area is 124 Å². The van der Waals surface area contributed by atoms with Crippen LogP contribution in [0.2, 0.25) is 0 Å². The molecular formula is C15H22N2O4. The Morgan fingerprint density at radius 3 is 2.67 bits per heavy atom. The van der Waals surface area contributed by atoms with Gasteiger partial charge in [0.1, 0.15) is 11.4 Å². The van der Waals surface area contributed by atoms with E-state index in [0.29, 0.717) is 19.3 Å². The molecule has 1 N–H and O–H groups in total. The van der Waals surface area contributed by atoms with Crippen LogP contribution >= 0.6 is 0 Å². The van der Waals surface area contributed by atoms with Gasteiger partial charge in [-0.25, -0.2) is 4.98 Å². The lowest BCUT2D eigenvalue weighted by atomic mass is 9.68. The monoisotopic (exact) mass is 294 g/mol. The fourth-order valence-electron chi connectivity index (χ4n) is 3.19. The molecule has 1 fully saturated rings. The summed E-state index contributed by atoms with van der Waals surface area (Å²) in [6.45, 7) is 1.21. The van der Waals surface area contributed by atoms with Crippen LogP contribution in [0.1, 0.15) is 30.4 Å². The molecule has 1 saturated carbocycles. The Kier molecular flexibility index (Phi) is 4.12. The maximum atomic E-state index is 6.09. The van der Waals surface area contributed by atoms with E-state index >= 15 is 0 Å². The molecule has 3 aliphatic rings. The molecule has 6 nitrogen and oxygen atoms in total. The number of pyridine rings is 1. The second-order valence-corrected chi connectivity index (χ2v) is 5.52. The summed E-state index contributed by atoms with van der Waals surface area (Å²) < 4.78 is 21.7. The van der Waals surface area contributed by atoms with Crippen molar-refractivity contribution < 1.29 is 18.9 Å². The lowest BCUT2D eigenvalue weighted by Crippen LogP contribution is -2.55. The van der Waals surface area contributed by atoms with Gasteiger partial charge in [-0.1, -0.05) is 6.07 Å². The van der Waals surface area contributed by atoms with Gasteiger partial charge < -0.3 is 24.3 Å². The summed E-state index contributed by atoms with van der Waals surface area (Å²) in [4.78, 5) is 4.64. The summed E-state index contributed by atoms with van der Waals surface area (Å²) >= 11 is 0. The normalized spacial score (nSPS) is 26.2. The van der Waals surface area contributed by atoms with Crippen LogP contribution in [0.3, 0.4) is 0 Å². The van der Waals surface area contributed by atoms with Gasteiger partial charge >= 0.3 is 0 Å². The molecule has 0 aromatic carbocycles. The van der Waals surface area contributed by atoms with Crippen LogP contribution in [-0.4, -0.2) is 45.6 Å². The number of rotatable bonds is 7. The summed E-state index contributed by atoms with van der Waals surface area (Å²) in [6.07, 6.45) is 1.53. The van der Waals surface area contributed by atoms with Crippen LogP contribution in [0.15, 0.2) is 12.1 Å². The molecule has 2 bridgehead atoms. The minimum atomic E-state index is -0.444. The van der Waals surface area contributed by atoms with Crippen LogP contribution in [0.4, 0.5) is 5.82 Å². The maximum Gasteiger partial charge on any atom is 0.200 e. The summed E-state index contributed by atoms with van der Waals surface area (Å²) in [5.74, 6) is 0.881. The predicted molar refractivity (Wildman–Crippen MR) is 77.1 cm³/mol. The molecule has 0 unspecified atom stereocenters. The standard InChI is InChI=1S/C15H22N2O4/c1-18-6-7-21-15-8-10(9-15)16-13-11(15)4-5-12(17-13)14(19-2)20-3/h4-5,10,14H,6-9H2,1-3H3,(H,16,17). The molecule has 4 rings (SSSR count). The SMILES string of the molecule is COCCOC12CC(C1)Nc1nc(C(OC)OC)ccc12. The Hall–Kier alpha value is -1.21. The summed E-state index contributed by atoms with van der Waals surface area (Å²) in [7, 11) is 4.90. The third kappa shape index (κ3) is 2.53. The number of methoxy groups -OCH3 is 3. The fraction of sp³-hybridized carbons (Fsp3) is 0.667. The smallest absolute Gasteiger partial charge is 0.200 e. The van der Waals surface area contributed by atoms with E-state index in [4.69, 9.17) is 18.9 Å². The molecule has 0 saturated heterocycles. The molecule has 3 heterocycles. The van der Waals surface area contributed by atoms with E-state index in [2.05, 4.69) is 16.4 Å². The zero-order chi connectivity index (χ0) is 14.9. The van der Waals surface area contributed by atoms with Gasteiger partial charge in [0.15, 0.2) is 0 Å². The van der Waals surface area contributed by atoms with Crippen molar-refractivity contribution >= 4 is 5.82 Å². The number of nitrogens with one attached hydrogen (secondary N) is 1. The van der Waals surface area contributed by atoms with Crippen LogP contribution < -0.4 is 5.32 Å². The number of anilines is 1. The van der Waals surface area contributed by atoms with E-state index in [1.165, 1.54) is 0 Å². The van der Waals surface area contributed by atoms with E-state index in [0.717, 1.165) is 29.9 Å². The second-order valence-electron chi connectivity index (χ2n) is 5.52. The molecule has 1 aromatic rings. The van der Waals surface area contributed by atoms with E-state index in [9.17, 15) is 0 Å². The molecule has 0 amide bonds. The number of hydrogen-bond acceptors (Lipinski definition) is 6. The molecule has 116 valence electrons. The Morgan fingerprint density at radius 1 is 1.24 bits per heavy atom. The van der Waals surface area contributed by atoms with Crippen molar-refractivity contribution in [2.45, 2.75) is 30.8 Å². The molecule has 2 aliphatic heterocycles. The maximum absolute atomic E-state index is 6.09. The molecule has 1 aromatic heterocycles. The number of ether oxygens (including phenoxy) is 4. The van der Waals surface area contributed by atoms with Gasteiger partial charge in [0.25, 0.3) is 0 Å². The fourth-order valence-corrected chi connectivity index (χ4v) is 3.19. The molecular weight excluding hydrogens is 272 g/mol. The van der Waals surface area contributed by atoms with Crippen LogP contribution in [0.25, 0.3) is 0 Å². The second kappa shape index (κ2) is 5.88. The van der Waals surface area contributed by atoms with Gasteiger partial charge in [0, 0.05) is 45.8 Å². The summed E-state index contributed by atoms with van der Waals surface area (Å²) in [5.41, 5.74) is 1.68. The molecule has 21 heavy (non-hydrogen) atoms. The van der Waals surface area contributed by atoms with Crippen molar-refractivity contribution in [2.24, 2.45) is 0 Å². The first-order chi connectivity index (χ1) is 10.2. The number of nitrogens with zero attached hydrogens (tertiary/aromatic N) is 1. The third-order valence-electron chi connectivity index (χ3n) is 4.24. The predicted octanol–water partition coefficient (Wildman–Crippen LogP) is 1.82. The van der Waals surface area contributed by atoms with Crippen molar-refractivity contribution in [3.05, 3.63) is 23.4 Å². The highest BCUT2D eigenvalue weighted by Gasteiger charge is 2.52. The first-order valence-corrected chi connectivity index (χ1v) is 7.19. The van der Waals surface area contributed by atoms with Crippen molar-refractivity contribution in [1.82, 2.24) is 4.98 Å². The lowest BCUT2D eigenvalue weighted by Gasteiger charge is -2.52. The van der Waals surface area contributed by atoms with Gasteiger partial charge in [-0.2, -0.15) is 0 Å². The van der Waals surface area contributed by atoms with Crippen molar-refractivity contribution in [2.75, 3.05) is 39.9 Å². The molecule has 1 aliphatic carbocycles.